The molecule has 0 aliphatic carbocycles. The summed E-state index contributed by atoms with van der Waals surface area (Å²) in [7, 11) is 0. The molecular weight excluding hydrogens is 374 g/mol. The van der Waals surface area contributed by atoms with E-state index < -0.39 is 0 Å². The molecule has 0 radical (unpaired) electrons. The van der Waals surface area contributed by atoms with Crippen molar-refractivity contribution in [3.63, 3.8) is 0 Å². The maximum atomic E-state index is 5.51. The number of fused-ring (bicyclic) bond motifs is 1. The van der Waals surface area contributed by atoms with Gasteiger partial charge in [0.15, 0.2) is 0 Å². The van der Waals surface area contributed by atoms with Crippen molar-refractivity contribution in [3.05, 3.63) is 12.7 Å². The first-order valence-corrected chi connectivity index (χ1v) is 7.65. The number of nitrogens with zero attached hydrogens (tertiary/aromatic N) is 3. The fourth-order valence-corrected chi connectivity index (χ4v) is 1.76. The third-order valence-electron chi connectivity index (χ3n) is 2.58. The van der Waals surface area contributed by atoms with Gasteiger partial charge in [-0.1, -0.05) is 0 Å². The molecule has 2 aromatic heterocycles. The zero-order valence-corrected chi connectivity index (χ0v) is 13.6. The summed E-state index contributed by atoms with van der Waals surface area (Å²) in [5.74, 6) is 0.597. The molecule has 0 bridgehead atoms. The van der Waals surface area contributed by atoms with E-state index >= 15 is 0 Å². The first-order chi connectivity index (χ1) is 9.81. The van der Waals surface area contributed by atoms with Gasteiger partial charge in [-0.2, -0.15) is 0 Å². The van der Waals surface area contributed by atoms with E-state index in [1.165, 1.54) is 6.33 Å². The predicted molar refractivity (Wildman–Crippen MR) is 77.5 cm³/mol. The predicted octanol–water partition coefficient (Wildman–Crippen LogP) is 1.20. The van der Waals surface area contributed by atoms with Crippen LogP contribution in [0.4, 0.5) is 5.82 Å². The van der Waals surface area contributed by atoms with Gasteiger partial charge in [-0.3, -0.25) is 0 Å². The monoisotopic (exact) mass is 393 g/mol. The van der Waals surface area contributed by atoms with Gasteiger partial charge in [0.2, 0.25) is 0 Å². The molecule has 0 aliphatic rings. The van der Waals surface area contributed by atoms with Crippen LogP contribution in [0.25, 0.3) is 11.2 Å². The van der Waals surface area contributed by atoms with E-state index in [2.05, 4.69) is 32.3 Å². The number of rotatable bonds is 9. The minimum atomic E-state index is 0.592. The van der Waals surface area contributed by atoms with E-state index in [1.54, 1.807) is 6.33 Å². The van der Waals surface area contributed by atoms with Crippen molar-refractivity contribution in [2.75, 3.05) is 18.7 Å². The third kappa shape index (κ3) is 4.40. The van der Waals surface area contributed by atoms with Crippen LogP contribution in [-0.2, 0) is 9.57 Å². The van der Waals surface area contributed by atoms with Gasteiger partial charge in [-0.05, 0) is 0 Å². The van der Waals surface area contributed by atoms with Gasteiger partial charge in [0.05, 0.1) is 0 Å². The standard InChI is InChI=1S/C12H17N5O2Te/c1-2-9(20)18-5-3-4-6-19-17-12-10-11(14-7-13-10)15-8-16-12/h7-8H,2-6H2,1H3,(H2,13,14,15,16,17). The summed E-state index contributed by atoms with van der Waals surface area (Å²) in [6.45, 7) is 3.42. The van der Waals surface area contributed by atoms with Crippen molar-refractivity contribution >= 4 is 42.5 Å². The Morgan fingerprint density at radius 3 is 3.00 bits per heavy atom. The second kappa shape index (κ2) is 8.14. The Balaban J connectivity index is 1.64. The average Bonchev–Trinajstić information content (AvgIpc) is 2.95. The number of aromatic amines is 1. The first-order valence-electron chi connectivity index (χ1n) is 6.48. The normalized spacial score (nSPS) is 10.7. The summed E-state index contributed by atoms with van der Waals surface area (Å²) in [5, 5.41) is 0. The number of anilines is 1. The van der Waals surface area contributed by atoms with Crippen LogP contribution in [-0.4, -0.2) is 58.7 Å². The third-order valence-corrected chi connectivity index (χ3v) is 3.74. The molecule has 0 amide bonds. The average molecular weight is 391 g/mol. The van der Waals surface area contributed by atoms with E-state index in [1.807, 2.05) is 21.8 Å². The number of unbranched alkanes of at least 4 members (excludes halogenated alkanes) is 1. The van der Waals surface area contributed by atoms with Crippen molar-refractivity contribution in [1.82, 2.24) is 19.9 Å². The van der Waals surface area contributed by atoms with Crippen molar-refractivity contribution < 1.29 is 9.57 Å². The Bertz CT molecular complexity index is 560. The SMILES string of the molecule is CCC(=[Te])OCCCCONc1ncnc2nc[nH]c12. The quantitative estimate of drug-likeness (QED) is 0.380. The molecule has 0 spiro atoms. The molecule has 0 aromatic carbocycles. The number of aromatic nitrogens is 4. The van der Waals surface area contributed by atoms with E-state index in [4.69, 9.17) is 9.57 Å². The van der Waals surface area contributed by atoms with Crippen LogP contribution in [0.3, 0.4) is 0 Å². The number of imidazole rings is 1. The molecule has 2 N–H and O–H groups in total. The van der Waals surface area contributed by atoms with Crippen LogP contribution < -0.4 is 5.48 Å². The summed E-state index contributed by atoms with van der Waals surface area (Å²) in [6, 6.07) is 0. The summed E-state index contributed by atoms with van der Waals surface area (Å²) in [4.78, 5) is 20.5. The van der Waals surface area contributed by atoms with Crippen LogP contribution in [0, 0.1) is 0 Å². The Morgan fingerprint density at radius 2 is 2.15 bits per heavy atom. The van der Waals surface area contributed by atoms with Crippen molar-refractivity contribution in [2.24, 2.45) is 0 Å². The summed E-state index contributed by atoms with van der Waals surface area (Å²) < 4.78 is 6.60. The van der Waals surface area contributed by atoms with E-state index in [-0.39, 0.29) is 0 Å². The summed E-state index contributed by atoms with van der Waals surface area (Å²) in [5.41, 5.74) is 4.17. The fraction of sp³-hybridized carbons (Fsp3) is 0.500. The maximum absolute atomic E-state index is 5.51. The Kier molecular flexibility index (Phi) is 6.18. The molecule has 7 nitrogen and oxygen atoms in total. The van der Waals surface area contributed by atoms with Crippen LogP contribution in [0.5, 0.6) is 0 Å². The summed E-state index contributed by atoms with van der Waals surface area (Å²) in [6.07, 6.45) is 5.88. The second-order valence-corrected chi connectivity index (χ2v) is 5.35. The number of ether oxygens (including phenoxy) is 1. The van der Waals surface area contributed by atoms with Crippen molar-refractivity contribution in [3.8, 4) is 0 Å². The molecule has 108 valence electrons. The zero-order valence-electron chi connectivity index (χ0n) is 11.3. The van der Waals surface area contributed by atoms with Crippen LogP contribution in [0.15, 0.2) is 12.7 Å². The topological polar surface area (TPSA) is 84.9 Å². The van der Waals surface area contributed by atoms with Gasteiger partial charge in [0.1, 0.15) is 0 Å². The molecule has 2 aromatic rings. The van der Waals surface area contributed by atoms with E-state index in [9.17, 15) is 0 Å². The molecule has 20 heavy (non-hydrogen) atoms. The van der Waals surface area contributed by atoms with Crippen LogP contribution >= 0.6 is 0 Å². The van der Waals surface area contributed by atoms with Gasteiger partial charge in [0, 0.05) is 0 Å². The Labute approximate surface area is 129 Å². The molecule has 2 heterocycles. The van der Waals surface area contributed by atoms with E-state index in [0.717, 1.165) is 35.1 Å². The molecule has 0 saturated carbocycles. The van der Waals surface area contributed by atoms with Gasteiger partial charge >= 0.3 is 130 Å². The second-order valence-electron chi connectivity index (χ2n) is 4.06. The Hall–Kier alpha value is -1.23. The van der Waals surface area contributed by atoms with Crippen molar-refractivity contribution in [2.45, 2.75) is 26.2 Å². The number of H-pyrrole nitrogens is 1. The minimum absolute atomic E-state index is 0.592. The van der Waals surface area contributed by atoms with Gasteiger partial charge in [-0.25, -0.2) is 0 Å². The van der Waals surface area contributed by atoms with Crippen LogP contribution in [0.2, 0.25) is 0 Å². The number of nitrogens with one attached hydrogen (secondary N) is 2. The van der Waals surface area contributed by atoms with Crippen LogP contribution in [0.1, 0.15) is 26.2 Å². The Morgan fingerprint density at radius 1 is 1.30 bits per heavy atom. The molecule has 0 aliphatic heterocycles. The van der Waals surface area contributed by atoms with Gasteiger partial charge in [-0.15, -0.1) is 0 Å². The first kappa shape index (κ1) is 15.2. The van der Waals surface area contributed by atoms with Crippen molar-refractivity contribution in [1.29, 1.82) is 0 Å². The van der Waals surface area contributed by atoms with Gasteiger partial charge in [0.25, 0.3) is 0 Å². The molecule has 0 unspecified atom stereocenters. The fourth-order valence-electron chi connectivity index (χ4n) is 1.53. The molecule has 0 atom stereocenters. The van der Waals surface area contributed by atoms with Gasteiger partial charge < -0.3 is 0 Å². The molecule has 8 heteroatoms. The molecular formula is C12H17N5O2Te. The van der Waals surface area contributed by atoms with E-state index in [0.29, 0.717) is 18.1 Å². The zero-order chi connectivity index (χ0) is 14.2. The molecule has 0 fully saturated rings. The number of hydrogen-bond acceptors (Lipinski definition) is 6. The molecule has 2 rings (SSSR count). The molecule has 0 saturated heterocycles. The number of hydrogen-bond donors (Lipinski definition) is 2. The summed E-state index contributed by atoms with van der Waals surface area (Å²) >= 11 is 1.93.